The fourth-order valence-electron chi connectivity index (χ4n) is 1.80. The number of nitrogens with zero attached hydrogens (tertiary/aromatic N) is 1. The predicted octanol–water partition coefficient (Wildman–Crippen LogP) is 3.01. The third-order valence-corrected chi connectivity index (χ3v) is 2.76. The van der Waals surface area contributed by atoms with Gasteiger partial charge in [-0.3, -0.25) is 10.1 Å². The molecule has 0 unspecified atom stereocenters. The van der Waals surface area contributed by atoms with Gasteiger partial charge in [0.15, 0.2) is 0 Å². The lowest BCUT2D eigenvalue weighted by Crippen LogP contribution is -2.07. The lowest BCUT2D eigenvalue weighted by Gasteiger charge is -2.09. The number of hydrogen-bond donors (Lipinski definition) is 1. The number of nitro benzene ring substituents is 1. The van der Waals surface area contributed by atoms with Crippen LogP contribution in [0.5, 0.6) is 5.75 Å². The summed E-state index contributed by atoms with van der Waals surface area (Å²) in [6.45, 7) is -0.235. The van der Waals surface area contributed by atoms with E-state index in [1.165, 1.54) is 30.3 Å². The quantitative estimate of drug-likeness (QED) is 0.675. The van der Waals surface area contributed by atoms with E-state index >= 15 is 0 Å². The molecule has 0 aromatic heterocycles. The number of benzene rings is 2. The number of ether oxygens (including phenoxy) is 1. The number of hydrogen-bond acceptors (Lipinski definition) is 4. The van der Waals surface area contributed by atoms with E-state index in [0.29, 0.717) is 0 Å². The van der Waals surface area contributed by atoms with Gasteiger partial charge in [-0.15, -0.1) is 0 Å². The molecule has 108 valence electrons. The van der Waals surface area contributed by atoms with Crippen LogP contribution in [0.3, 0.4) is 0 Å². The first-order chi connectivity index (χ1) is 10.0. The van der Waals surface area contributed by atoms with Crippen molar-refractivity contribution in [3.63, 3.8) is 0 Å². The van der Waals surface area contributed by atoms with Gasteiger partial charge in [0.25, 0.3) is 5.69 Å². The molecule has 0 fully saturated rings. The Hall–Kier alpha value is -2.96. The highest BCUT2D eigenvalue weighted by molar-refractivity contribution is 5.91. The summed E-state index contributed by atoms with van der Waals surface area (Å²) in [5.41, 5.74) is -0.482. The van der Waals surface area contributed by atoms with Gasteiger partial charge >= 0.3 is 5.97 Å². The van der Waals surface area contributed by atoms with Crippen LogP contribution in [-0.2, 0) is 6.61 Å². The second-order valence-corrected chi connectivity index (χ2v) is 4.09. The molecule has 6 nitrogen and oxygen atoms in total. The number of rotatable bonds is 5. The van der Waals surface area contributed by atoms with E-state index in [9.17, 15) is 19.3 Å². The van der Waals surface area contributed by atoms with E-state index in [4.69, 9.17) is 9.84 Å². The van der Waals surface area contributed by atoms with Gasteiger partial charge in [0, 0.05) is 6.07 Å². The lowest BCUT2D eigenvalue weighted by atomic mass is 10.1. The second kappa shape index (κ2) is 6.00. The molecule has 0 aliphatic rings. The van der Waals surface area contributed by atoms with Crippen LogP contribution in [0.15, 0.2) is 42.5 Å². The summed E-state index contributed by atoms with van der Waals surface area (Å²) in [7, 11) is 0. The first-order valence-corrected chi connectivity index (χ1v) is 5.87. The minimum atomic E-state index is -1.47. The van der Waals surface area contributed by atoms with Gasteiger partial charge in [-0.05, 0) is 18.2 Å². The molecule has 0 amide bonds. The Morgan fingerprint density at radius 2 is 1.95 bits per heavy atom. The maximum absolute atomic E-state index is 13.5. The maximum Gasteiger partial charge on any atom is 0.342 e. The predicted molar refractivity (Wildman–Crippen MR) is 70.8 cm³/mol. The van der Waals surface area contributed by atoms with Crippen molar-refractivity contribution in [2.45, 2.75) is 6.61 Å². The topological polar surface area (TPSA) is 89.7 Å². The largest absolute Gasteiger partial charge is 0.488 e. The number of carboxylic acids is 1. The Labute approximate surface area is 118 Å². The lowest BCUT2D eigenvalue weighted by molar-refractivity contribution is -0.385. The molecule has 2 rings (SSSR count). The van der Waals surface area contributed by atoms with Crippen molar-refractivity contribution >= 4 is 11.7 Å². The van der Waals surface area contributed by atoms with Crippen LogP contribution in [0, 0.1) is 15.9 Å². The normalized spacial score (nSPS) is 10.1. The van der Waals surface area contributed by atoms with Crippen molar-refractivity contribution in [2.24, 2.45) is 0 Å². The molecule has 0 spiro atoms. The molecular formula is C14H10FNO5. The molecule has 0 saturated carbocycles. The third kappa shape index (κ3) is 3.14. The van der Waals surface area contributed by atoms with E-state index < -0.39 is 22.3 Å². The SMILES string of the molecule is O=C(O)c1c(F)cccc1OCc1ccccc1[N+](=O)[O-]. The van der Waals surface area contributed by atoms with Crippen molar-refractivity contribution in [3.8, 4) is 5.75 Å². The summed E-state index contributed by atoms with van der Waals surface area (Å²) in [6, 6.07) is 9.49. The summed E-state index contributed by atoms with van der Waals surface area (Å²) in [5, 5.41) is 19.8. The molecule has 0 aliphatic carbocycles. The number of para-hydroxylation sites is 1. The van der Waals surface area contributed by atoms with Crippen molar-refractivity contribution in [3.05, 3.63) is 69.5 Å². The molecule has 2 aromatic carbocycles. The minimum absolute atomic E-state index is 0.147. The Kier molecular flexibility index (Phi) is 4.13. The van der Waals surface area contributed by atoms with Crippen LogP contribution in [0.4, 0.5) is 10.1 Å². The average Bonchev–Trinajstić information content (AvgIpc) is 2.44. The van der Waals surface area contributed by atoms with Crippen LogP contribution < -0.4 is 4.74 Å². The van der Waals surface area contributed by atoms with Gasteiger partial charge in [-0.1, -0.05) is 18.2 Å². The molecule has 0 atom stereocenters. The van der Waals surface area contributed by atoms with Crippen LogP contribution in [0.25, 0.3) is 0 Å². The minimum Gasteiger partial charge on any atom is -0.488 e. The van der Waals surface area contributed by atoms with Crippen LogP contribution >= 0.6 is 0 Å². The summed E-state index contributed by atoms with van der Waals surface area (Å²) < 4.78 is 18.7. The van der Waals surface area contributed by atoms with Crippen LogP contribution in [0.2, 0.25) is 0 Å². The first kappa shape index (κ1) is 14.4. The molecule has 0 heterocycles. The molecule has 0 aliphatic heterocycles. The smallest absolute Gasteiger partial charge is 0.342 e. The van der Waals surface area contributed by atoms with Crippen LogP contribution in [-0.4, -0.2) is 16.0 Å². The first-order valence-electron chi connectivity index (χ1n) is 5.87. The van der Waals surface area contributed by atoms with E-state index in [1.807, 2.05) is 0 Å². The van der Waals surface area contributed by atoms with E-state index in [2.05, 4.69) is 0 Å². The van der Waals surface area contributed by atoms with Gasteiger partial charge in [0.2, 0.25) is 0 Å². The number of nitro groups is 1. The number of aromatic carboxylic acids is 1. The summed E-state index contributed by atoms with van der Waals surface area (Å²) >= 11 is 0. The number of carboxylic acid groups (broad SMARTS) is 1. The van der Waals surface area contributed by atoms with E-state index in [0.717, 1.165) is 6.07 Å². The molecule has 1 N–H and O–H groups in total. The zero-order valence-electron chi connectivity index (χ0n) is 10.7. The third-order valence-electron chi connectivity index (χ3n) is 2.76. The monoisotopic (exact) mass is 291 g/mol. The van der Waals surface area contributed by atoms with Gasteiger partial charge in [0.05, 0.1) is 10.5 Å². The van der Waals surface area contributed by atoms with E-state index in [1.54, 1.807) is 6.07 Å². The van der Waals surface area contributed by atoms with Crippen molar-refractivity contribution < 1.29 is 24.0 Å². The Balaban J connectivity index is 2.28. The number of halogens is 1. The Morgan fingerprint density at radius 1 is 1.24 bits per heavy atom. The zero-order valence-corrected chi connectivity index (χ0v) is 10.7. The summed E-state index contributed by atoms with van der Waals surface area (Å²) in [6.07, 6.45) is 0. The molecule has 0 bridgehead atoms. The van der Waals surface area contributed by atoms with Gasteiger partial charge in [-0.25, -0.2) is 9.18 Å². The van der Waals surface area contributed by atoms with Gasteiger partial charge in [0.1, 0.15) is 23.7 Å². The molecule has 0 radical (unpaired) electrons. The summed E-state index contributed by atoms with van der Waals surface area (Å²) in [4.78, 5) is 21.3. The van der Waals surface area contributed by atoms with Crippen molar-refractivity contribution in [1.29, 1.82) is 0 Å². The second-order valence-electron chi connectivity index (χ2n) is 4.09. The molecule has 21 heavy (non-hydrogen) atoms. The average molecular weight is 291 g/mol. The fourth-order valence-corrected chi connectivity index (χ4v) is 1.80. The maximum atomic E-state index is 13.5. The molecule has 0 saturated heterocycles. The highest BCUT2D eigenvalue weighted by Gasteiger charge is 2.18. The molecular weight excluding hydrogens is 281 g/mol. The summed E-state index contributed by atoms with van der Waals surface area (Å²) in [5.74, 6) is -2.58. The van der Waals surface area contributed by atoms with Crippen LogP contribution in [0.1, 0.15) is 15.9 Å². The number of carbonyl (C=O) groups is 1. The van der Waals surface area contributed by atoms with Gasteiger partial charge in [-0.2, -0.15) is 0 Å². The van der Waals surface area contributed by atoms with Crippen molar-refractivity contribution in [1.82, 2.24) is 0 Å². The van der Waals surface area contributed by atoms with Gasteiger partial charge < -0.3 is 9.84 Å². The Morgan fingerprint density at radius 3 is 2.62 bits per heavy atom. The Bertz CT molecular complexity index is 702. The highest BCUT2D eigenvalue weighted by atomic mass is 19.1. The highest BCUT2D eigenvalue weighted by Crippen LogP contribution is 2.24. The molecule has 7 heteroatoms. The standard InChI is InChI=1S/C14H10FNO5/c15-10-5-3-7-12(13(10)14(17)18)21-8-9-4-1-2-6-11(9)16(19)20/h1-7H,8H2,(H,17,18). The molecule has 2 aromatic rings. The van der Waals surface area contributed by atoms with Crippen molar-refractivity contribution in [2.75, 3.05) is 0 Å². The zero-order chi connectivity index (χ0) is 15.4. The fraction of sp³-hybridized carbons (Fsp3) is 0.0714. The van der Waals surface area contributed by atoms with E-state index in [-0.39, 0.29) is 23.6 Å².